The Labute approximate surface area is 151 Å². The molecular weight excluding hydrogens is 396 g/mol. The standard InChI is InChI=1S/C15H17BrN4O3S/c1-3-10-13(24-15(17)19-10)14(22)20-18-7-8-5-9(16)12(21)11(6-8)23-4-2/h5-7,21H,3-4H2,1-2H3,(H2,17,19)(H,20,22)/b18-7-. The average molecular weight is 413 g/mol. The van der Waals surface area contributed by atoms with Gasteiger partial charge in [-0.05, 0) is 47.0 Å². The summed E-state index contributed by atoms with van der Waals surface area (Å²) in [6.07, 6.45) is 2.07. The first kappa shape index (κ1) is 18.2. The lowest BCUT2D eigenvalue weighted by Gasteiger charge is -2.08. The molecule has 0 aliphatic heterocycles. The number of thiazole rings is 1. The van der Waals surface area contributed by atoms with Gasteiger partial charge in [-0.15, -0.1) is 0 Å². The van der Waals surface area contributed by atoms with Crippen LogP contribution in [-0.4, -0.2) is 28.8 Å². The number of hydrazone groups is 1. The smallest absolute Gasteiger partial charge is 0.283 e. The van der Waals surface area contributed by atoms with E-state index in [9.17, 15) is 9.90 Å². The number of hydrogen-bond donors (Lipinski definition) is 3. The van der Waals surface area contributed by atoms with Crippen molar-refractivity contribution in [2.45, 2.75) is 20.3 Å². The minimum atomic E-state index is -0.361. The van der Waals surface area contributed by atoms with E-state index in [4.69, 9.17) is 10.5 Å². The molecule has 24 heavy (non-hydrogen) atoms. The number of nitrogen functional groups attached to an aromatic ring is 1. The topological polar surface area (TPSA) is 110 Å². The molecule has 7 nitrogen and oxygen atoms in total. The monoisotopic (exact) mass is 412 g/mol. The van der Waals surface area contributed by atoms with E-state index in [-0.39, 0.29) is 11.7 Å². The van der Waals surface area contributed by atoms with Crippen molar-refractivity contribution in [1.82, 2.24) is 10.4 Å². The van der Waals surface area contributed by atoms with Gasteiger partial charge in [-0.25, -0.2) is 10.4 Å². The molecule has 2 aromatic rings. The number of phenolic OH excluding ortho intramolecular Hbond substituents is 1. The predicted octanol–water partition coefficient (Wildman–Crippen LogP) is 2.92. The molecule has 1 aromatic carbocycles. The molecule has 4 N–H and O–H groups in total. The van der Waals surface area contributed by atoms with Crippen LogP contribution in [0.3, 0.4) is 0 Å². The molecule has 0 spiro atoms. The number of ether oxygens (including phenoxy) is 1. The maximum Gasteiger partial charge on any atom is 0.283 e. The maximum absolute atomic E-state index is 12.1. The Morgan fingerprint density at radius 1 is 1.54 bits per heavy atom. The van der Waals surface area contributed by atoms with E-state index < -0.39 is 0 Å². The molecule has 0 bridgehead atoms. The van der Waals surface area contributed by atoms with Gasteiger partial charge in [0.15, 0.2) is 16.6 Å². The van der Waals surface area contributed by atoms with E-state index in [0.717, 1.165) is 11.3 Å². The van der Waals surface area contributed by atoms with Crippen molar-refractivity contribution in [2.24, 2.45) is 5.10 Å². The van der Waals surface area contributed by atoms with Gasteiger partial charge in [0.2, 0.25) is 0 Å². The van der Waals surface area contributed by atoms with Gasteiger partial charge in [0, 0.05) is 0 Å². The van der Waals surface area contributed by atoms with Crippen LogP contribution in [0.5, 0.6) is 11.5 Å². The molecule has 0 saturated heterocycles. The lowest BCUT2D eigenvalue weighted by atomic mass is 10.2. The molecule has 1 heterocycles. The SMILES string of the molecule is CCOc1cc(/C=N\NC(=O)c2sc(N)nc2CC)cc(Br)c1O. The summed E-state index contributed by atoms with van der Waals surface area (Å²) in [5, 5.41) is 14.2. The summed E-state index contributed by atoms with van der Waals surface area (Å²) in [6.45, 7) is 4.14. The molecule has 2 rings (SSSR count). The number of hydrogen-bond acceptors (Lipinski definition) is 7. The van der Waals surface area contributed by atoms with Gasteiger partial charge in [0.05, 0.1) is 23.0 Å². The largest absolute Gasteiger partial charge is 0.503 e. The molecule has 0 atom stereocenters. The number of nitrogens with two attached hydrogens (primary N) is 1. The maximum atomic E-state index is 12.1. The van der Waals surface area contributed by atoms with Crippen LogP contribution in [0.15, 0.2) is 21.7 Å². The first-order chi connectivity index (χ1) is 11.5. The normalized spacial score (nSPS) is 11.0. The van der Waals surface area contributed by atoms with Gasteiger partial charge in [-0.2, -0.15) is 5.10 Å². The lowest BCUT2D eigenvalue weighted by molar-refractivity contribution is 0.0958. The second-order valence-corrected chi connectivity index (χ2v) is 6.55. The van der Waals surface area contributed by atoms with E-state index in [0.29, 0.717) is 44.5 Å². The van der Waals surface area contributed by atoms with Gasteiger partial charge in [0.25, 0.3) is 5.91 Å². The summed E-state index contributed by atoms with van der Waals surface area (Å²) in [5.41, 5.74) is 9.39. The highest BCUT2D eigenvalue weighted by molar-refractivity contribution is 9.10. The Balaban J connectivity index is 2.12. The van der Waals surface area contributed by atoms with Gasteiger partial charge in [-0.1, -0.05) is 18.3 Å². The minimum Gasteiger partial charge on any atom is -0.503 e. The van der Waals surface area contributed by atoms with Crippen molar-refractivity contribution < 1.29 is 14.6 Å². The Hall–Kier alpha value is -2.13. The number of carbonyl (C=O) groups excluding carboxylic acids is 1. The Kier molecular flexibility index (Phi) is 6.16. The van der Waals surface area contributed by atoms with Crippen molar-refractivity contribution in [1.29, 1.82) is 0 Å². The Bertz CT molecular complexity index is 776. The number of halogens is 1. The Morgan fingerprint density at radius 3 is 2.96 bits per heavy atom. The third-order valence-electron chi connectivity index (χ3n) is 2.99. The number of carbonyl (C=O) groups is 1. The highest BCUT2D eigenvalue weighted by Gasteiger charge is 2.15. The predicted molar refractivity (Wildman–Crippen MR) is 97.9 cm³/mol. The number of rotatable bonds is 6. The highest BCUT2D eigenvalue weighted by atomic mass is 79.9. The van der Waals surface area contributed by atoms with Crippen LogP contribution in [0, 0.1) is 0 Å². The first-order valence-corrected chi connectivity index (χ1v) is 8.81. The van der Waals surface area contributed by atoms with Gasteiger partial charge in [0.1, 0.15) is 4.88 Å². The van der Waals surface area contributed by atoms with Crippen LogP contribution in [0.1, 0.15) is 34.8 Å². The van der Waals surface area contributed by atoms with Crippen molar-refractivity contribution in [2.75, 3.05) is 12.3 Å². The molecule has 0 aliphatic rings. The van der Waals surface area contributed by atoms with E-state index in [1.165, 1.54) is 6.21 Å². The summed E-state index contributed by atoms with van der Waals surface area (Å²) in [7, 11) is 0. The van der Waals surface area contributed by atoms with Crippen molar-refractivity contribution in [3.05, 3.63) is 32.7 Å². The summed E-state index contributed by atoms with van der Waals surface area (Å²) >= 11 is 4.37. The number of aromatic hydroxyl groups is 1. The van der Waals surface area contributed by atoms with Crippen molar-refractivity contribution in [3.63, 3.8) is 0 Å². The molecule has 0 fully saturated rings. The molecular formula is C15H17BrN4O3S. The number of nitrogens with zero attached hydrogens (tertiary/aromatic N) is 2. The number of aryl methyl sites for hydroxylation is 1. The zero-order valence-corrected chi connectivity index (χ0v) is 15.6. The number of phenols is 1. The molecule has 0 aliphatic carbocycles. The molecule has 128 valence electrons. The quantitative estimate of drug-likeness (QED) is 0.498. The van der Waals surface area contributed by atoms with Crippen molar-refractivity contribution >= 4 is 44.5 Å². The van der Waals surface area contributed by atoms with E-state index in [1.807, 2.05) is 13.8 Å². The molecule has 1 aromatic heterocycles. The summed E-state index contributed by atoms with van der Waals surface area (Å²) in [6, 6.07) is 3.29. The average Bonchev–Trinajstić information content (AvgIpc) is 2.93. The van der Waals surface area contributed by atoms with Gasteiger partial charge in [-0.3, -0.25) is 4.79 Å². The third-order valence-corrected chi connectivity index (χ3v) is 4.52. The van der Waals surface area contributed by atoms with Crippen LogP contribution in [-0.2, 0) is 6.42 Å². The number of amides is 1. The van der Waals surface area contributed by atoms with Crippen LogP contribution in [0.25, 0.3) is 0 Å². The van der Waals surface area contributed by atoms with Crippen molar-refractivity contribution in [3.8, 4) is 11.5 Å². The fourth-order valence-corrected chi connectivity index (χ4v) is 3.21. The summed E-state index contributed by atoms with van der Waals surface area (Å²) in [4.78, 5) is 16.7. The highest BCUT2D eigenvalue weighted by Crippen LogP contribution is 2.35. The van der Waals surface area contributed by atoms with Crippen LogP contribution < -0.4 is 15.9 Å². The second kappa shape index (κ2) is 8.11. The van der Waals surface area contributed by atoms with Gasteiger partial charge < -0.3 is 15.6 Å². The third kappa shape index (κ3) is 4.24. The fourth-order valence-electron chi connectivity index (χ4n) is 1.94. The van der Waals surface area contributed by atoms with Crippen LogP contribution in [0.2, 0.25) is 0 Å². The zero-order valence-electron chi connectivity index (χ0n) is 13.2. The Morgan fingerprint density at radius 2 is 2.29 bits per heavy atom. The summed E-state index contributed by atoms with van der Waals surface area (Å²) < 4.78 is 5.82. The molecule has 1 amide bonds. The molecule has 0 unspecified atom stereocenters. The van der Waals surface area contributed by atoms with E-state index in [2.05, 4.69) is 31.4 Å². The number of benzene rings is 1. The first-order valence-electron chi connectivity index (χ1n) is 7.20. The van der Waals surface area contributed by atoms with Gasteiger partial charge >= 0.3 is 0 Å². The number of nitrogens with one attached hydrogen (secondary N) is 1. The molecule has 0 radical (unpaired) electrons. The fraction of sp³-hybridized carbons (Fsp3) is 0.267. The van der Waals surface area contributed by atoms with Crippen LogP contribution in [0.4, 0.5) is 5.13 Å². The number of anilines is 1. The number of aromatic nitrogens is 1. The van der Waals surface area contributed by atoms with Crippen LogP contribution >= 0.6 is 27.3 Å². The zero-order chi connectivity index (χ0) is 17.7. The van der Waals surface area contributed by atoms with E-state index in [1.54, 1.807) is 12.1 Å². The minimum absolute atomic E-state index is 0.0192. The molecule has 0 saturated carbocycles. The lowest BCUT2D eigenvalue weighted by Crippen LogP contribution is -2.17. The summed E-state index contributed by atoms with van der Waals surface area (Å²) in [5.74, 6) is -0.00548. The molecule has 9 heteroatoms. The van der Waals surface area contributed by atoms with E-state index >= 15 is 0 Å². The second-order valence-electron chi connectivity index (χ2n) is 4.66.